The van der Waals surface area contributed by atoms with Gasteiger partial charge in [-0.05, 0) is 51.1 Å². The molecule has 2 rings (SSSR count). The van der Waals surface area contributed by atoms with Gasteiger partial charge in [0.15, 0.2) is 0 Å². The Morgan fingerprint density at radius 2 is 1.83 bits per heavy atom. The topological polar surface area (TPSA) is 15.3 Å². The van der Waals surface area contributed by atoms with Crippen LogP contribution in [0.1, 0.15) is 65.7 Å². The second kappa shape index (κ2) is 6.91. The number of nitrogens with zero attached hydrogens (tertiary/aromatic N) is 1. The van der Waals surface area contributed by atoms with E-state index in [9.17, 15) is 0 Å². The third-order valence-electron chi connectivity index (χ3n) is 4.90. The summed E-state index contributed by atoms with van der Waals surface area (Å²) in [6.45, 7) is 9.31. The van der Waals surface area contributed by atoms with E-state index < -0.39 is 0 Å². The van der Waals surface area contributed by atoms with Crippen LogP contribution in [-0.4, -0.2) is 36.1 Å². The van der Waals surface area contributed by atoms with Gasteiger partial charge in [-0.2, -0.15) is 0 Å². The summed E-state index contributed by atoms with van der Waals surface area (Å²) in [5, 5.41) is 3.75. The van der Waals surface area contributed by atoms with Crippen LogP contribution in [0.15, 0.2) is 0 Å². The fourth-order valence-electron chi connectivity index (χ4n) is 3.94. The van der Waals surface area contributed by atoms with Gasteiger partial charge in [-0.1, -0.05) is 33.6 Å². The van der Waals surface area contributed by atoms with Crippen molar-refractivity contribution >= 4 is 0 Å². The van der Waals surface area contributed by atoms with Gasteiger partial charge < -0.3 is 5.32 Å². The molecule has 18 heavy (non-hydrogen) atoms. The lowest BCUT2D eigenvalue weighted by Crippen LogP contribution is -2.54. The zero-order valence-corrected chi connectivity index (χ0v) is 12.6. The molecule has 0 radical (unpaired) electrons. The Hall–Kier alpha value is -0.0800. The maximum atomic E-state index is 3.75. The first-order chi connectivity index (χ1) is 8.80. The highest BCUT2D eigenvalue weighted by Gasteiger charge is 2.39. The highest BCUT2D eigenvalue weighted by molar-refractivity contribution is 4.96. The van der Waals surface area contributed by atoms with Gasteiger partial charge >= 0.3 is 0 Å². The molecule has 2 aliphatic carbocycles. The summed E-state index contributed by atoms with van der Waals surface area (Å²) in [7, 11) is 0. The monoisotopic (exact) mass is 252 g/mol. The van der Waals surface area contributed by atoms with E-state index in [1.54, 1.807) is 0 Å². The Bertz CT molecular complexity index is 237. The van der Waals surface area contributed by atoms with Crippen LogP contribution in [0, 0.1) is 5.92 Å². The number of hydrogen-bond acceptors (Lipinski definition) is 2. The molecule has 0 heterocycles. The molecule has 0 amide bonds. The fraction of sp³-hybridized carbons (Fsp3) is 1.00. The highest BCUT2D eigenvalue weighted by atomic mass is 15.2. The van der Waals surface area contributed by atoms with Crippen LogP contribution in [-0.2, 0) is 0 Å². The van der Waals surface area contributed by atoms with E-state index >= 15 is 0 Å². The SMILES string of the molecule is CCCC1CCC(NCC)C(N(CC)C2CC2)C1. The van der Waals surface area contributed by atoms with Gasteiger partial charge in [-0.15, -0.1) is 0 Å². The molecule has 106 valence electrons. The van der Waals surface area contributed by atoms with Crippen molar-refractivity contribution in [1.82, 2.24) is 10.2 Å². The standard InChI is InChI=1S/C16H32N2/c1-4-7-13-8-11-15(17-5-2)16(12-13)18(6-3)14-9-10-14/h13-17H,4-12H2,1-3H3. The van der Waals surface area contributed by atoms with E-state index in [1.807, 2.05) is 0 Å². The van der Waals surface area contributed by atoms with Gasteiger partial charge in [-0.25, -0.2) is 0 Å². The molecule has 3 unspecified atom stereocenters. The van der Waals surface area contributed by atoms with Gasteiger partial charge in [0.1, 0.15) is 0 Å². The molecule has 0 saturated heterocycles. The lowest BCUT2D eigenvalue weighted by molar-refractivity contribution is 0.0923. The fourth-order valence-corrected chi connectivity index (χ4v) is 3.94. The number of likely N-dealkylation sites (N-methyl/N-ethyl adjacent to an activating group) is 2. The van der Waals surface area contributed by atoms with E-state index in [2.05, 4.69) is 31.0 Å². The third kappa shape index (κ3) is 3.48. The predicted octanol–water partition coefficient (Wildman–Crippen LogP) is 3.42. The number of hydrogen-bond donors (Lipinski definition) is 1. The van der Waals surface area contributed by atoms with Crippen molar-refractivity contribution in [2.45, 2.75) is 83.8 Å². The molecule has 0 spiro atoms. The first-order valence-corrected chi connectivity index (χ1v) is 8.29. The molecule has 0 aromatic carbocycles. The van der Waals surface area contributed by atoms with Gasteiger partial charge in [0.2, 0.25) is 0 Å². The van der Waals surface area contributed by atoms with Crippen molar-refractivity contribution in [3.05, 3.63) is 0 Å². The average Bonchev–Trinajstić information content (AvgIpc) is 3.18. The molecule has 0 aromatic rings. The van der Waals surface area contributed by atoms with E-state index in [4.69, 9.17) is 0 Å². The summed E-state index contributed by atoms with van der Waals surface area (Å²) < 4.78 is 0. The van der Waals surface area contributed by atoms with Crippen molar-refractivity contribution < 1.29 is 0 Å². The summed E-state index contributed by atoms with van der Waals surface area (Å²) in [6.07, 6.45) is 9.98. The average molecular weight is 252 g/mol. The first-order valence-electron chi connectivity index (χ1n) is 8.29. The summed E-state index contributed by atoms with van der Waals surface area (Å²) in [6, 6.07) is 2.48. The van der Waals surface area contributed by atoms with Crippen molar-refractivity contribution in [1.29, 1.82) is 0 Å². The molecule has 2 fully saturated rings. The molecule has 2 aliphatic rings. The first kappa shape index (κ1) is 14.3. The lowest BCUT2D eigenvalue weighted by atomic mass is 9.79. The van der Waals surface area contributed by atoms with Crippen molar-refractivity contribution in [3.8, 4) is 0 Å². The van der Waals surface area contributed by atoms with Crippen LogP contribution < -0.4 is 5.32 Å². The largest absolute Gasteiger partial charge is 0.313 e. The predicted molar refractivity (Wildman–Crippen MR) is 78.9 cm³/mol. The lowest BCUT2D eigenvalue weighted by Gasteiger charge is -2.43. The minimum absolute atomic E-state index is 0.753. The molecule has 0 aromatic heterocycles. The molecule has 2 nitrogen and oxygen atoms in total. The zero-order valence-electron chi connectivity index (χ0n) is 12.6. The summed E-state index contributed by atoms with van der Waals surface area (Å²) >= 11 is 0. The Kier molecular flexibility index (Phi) is 5.50. The molecule has 0 bridgehead atoms. The molecule has 3 atom stereocenters. The minimum Gasteiger partial charge on any atom is -0.313 e. The van der Waals surface area contributed by atoms with E-state index in [1.165, 1.54) is 51.5 Å². The molecule has 1 N–H and O–H groups in total. The summed E-state index contributed by atoms with van der Waals surface area (Å²) in [4.78, 5) is 2.81. The van der Waals surface area contributed by atoms with Crippen molar-refractivity contribution in [3.63, 3.8) is 0 Å². The summed E-state index contributed by atoms with van der Waals surface area (Å²) in [5.41, 5.74) is 0. The van der Waals surface area contributed by atoms with Crippen LogP contribution in [0.25, 0.3) is 0 Å². The van der Waals surface area contributed by atoms with E-state index in [0.717, 1.165) is 30.6 Å². The molecule has 0 aliphatic heterocycles. The maximum Gasteiger partial charge on any atom is 0.0254 e. The minimum atomic E-state index is 0.753. The number of rotatable bonds is 7. The molecular formula is C16H32N2. The second-order valence-corrected chi connectivity index (χ2v) is 6.26. The van der Waals surface area contributed by atoms with Crippen LogP contribution in [0.2, 0.25) is 0 Å². The Morgan fingerprint density at radius 1 is 1.06 bits per heavy atom. The maximum absolute atomic E-state index is 3.75. The second-order valence-electron chi connectivity index (χ2n) is 6.26. The van der Waals surface area contributed by atoms with Gasteiger partial charge in [0, 0.05) is 18.1 Å². The van der Waals surface area contributed by atoms with Crippen LogP contribution in [0.5, 0.6) is 0 Å². The number of nitrogens with one attached hydrogen (secondary N) is 1. The van der Waals surface area contributed by atoms with Gasteiger partial charge in [-0.3, -0.25) is 4.90 Å². The molecule has 2 heteroatoms. The third-order valence-corrected chi connectivity index (χ3v) is 4.90. The Balaban J connectivity index is 1.98. The van der Waals surface area contributed by atoms with Crippen LogP contribution >= 0.6 is 0 Å². The van der Waals surface area contributed by atoms with Crippen molar-refractivity contribution in [2.75, 3.05) is 13.1 Å². The Labute approximate surface area is 114 Å². The zero-order chi connectivity index (χ0) is 13.0. The highest BCUT2D eigenvalue weighted by Crippen LogP contribution is 2.36. The summed E-state index contributed by atoms with van der Waals surface area (Å²) in [5.74, 6) is 0.989. The normalized spacial score (nSPS) is 33.0. The van der Waals surface area contributed by atoms with E-state index in [-0.39, 0.29) is 0 Å². The smallest absolute Gasteiger partial charge is 0.0254 e. The molecular weight excluding hydrogens is 220 g/mol. The van der Waals surface area contributed by atoms with Gasteiger partial charge in [0.05, 0.1) is 0 Å². The Morgan fingerprint density at radius 3 is 2.39 bits per heavy atom. The molecule has 2 saturated carbocycles. The quantitative estimate of drug-likeness (QED) is 0.747. The van der Waals surface area contributed by atoms with E-state index in [0.29, 0.717) is 0 Å². The van der Waals surface area contributed by atoms with Crippen LogP contribution in [0.4, 0.5) is 0 Å². The van der Waals surface area contributed by atoms with Crippen molar-refractivity contribution in [2.24, 2.45) is 5.92 Å². The van der Waals surface area contributed by atoms with Gasteiger partial charge in [0.25, 0.3) is 0 Å². The van der Waals surface area contributed by atoms with Crippen LogP contribution in [0.3, 0.4) is 0 Å².